The van der Waals surface area contributed by atoms with Crippen LogP contribution < -0.4 is 5.32 Å². The summed E-state index contributed by atoms with van der Waals surface area (Å²) >= 11 is 0. The second-order valence-electron chi connectivity index (χ2n) is 6.40. The Balaban J connectivity index is 2.20. The van der Waals surface area contributed by atoms with Crippen LogP contribution in [-0.4, -0.2) is 39.4 Å². The Morgan fingerprint density at radius 3 is 2.52 bits per heavy atom. The van der Waals surface area contributed by atoms with Gasteiger partial charge in [0.05, 0.1) is 11.4 Å². The molecule has 0 spiro atoms. The van der Waals surface area contributed by atoms with Gasteiger partial charge in [0.25, 0.3) is 0 Å². The van der Waals surface area contributed by atoms with Crippen LogP contribution in [0.25, 0.3) is 0 Å². The molecule has 4 nitrogen and oxygen atoms in total. The van der Waals surface area contributed by atoms with Gasteiger partial charge in [-0.2, -0.15) is 5.10 Å². The van der Waals surface area contributed by atoms with E-state index >= 15 is 0 Å². The molecule has 1 aliphatic rings. The van der Waals surface area contributed by atoms with Crippen LogP contribution in [0.5, 0.6) is 0 Å². The number of hydrogen-bond donors (Lipinski definition) is 1. The van der Waals surface area contributed by atoms with Gasteiger partial charge in [0.15, 0.2) is 0 Å². The van der Waals surface area contributed by atoms with Crippen LogP contribution in [0.3, 0.4) is 0 Å². The Morgan fingerprint density at radius 2 is 2.00 bits per heavy atom. The number of rotatable bonds is 6. The topological polar surface area (TPSA) is 33.1 Å². The Kier molecular flexibility index (Phi) is 5.44. The molecule has 21 heavy (non-hydrogen) atoms. The Labute approximate surface area is 129 Å². The molecule has 120 valence electrons. The van der Waals surface area contributed by atoms with Crippen LogP contribution in [0.2, 0.25) is 0 Å². The minimum atomic E-state index is 0.294. The molecule has 2 heterocycles. The van der Waals surface area contributed by atoms with Crippen LogP contribution in [0.4, 0.5) is 0 Å². The molecule has 1 aromatic rings. The van der Waals surface area contributed by atoms with E-state index in [9.17, 15) is 0 Å². The third-order valence-corrected chi connectivity index (χ3v) is 5.38. The van der Waals surface area contributed by atoms with E-state index in [-0.39, 0.29) is 0 Å². The second kappa shape index (κ2) is 6.93. The Hall–Kier alpha value is -0.870. The molecular weight excluding hydrogens is 260 g/mol. The van der Waals surface area contributed by atoms with E-state index in [0.717, 1.165) is 26.1 Å². The number of hydrogen-bond acceptors (Lipinski definition) is 3. The molecule has 0 aliphatic carbocycles. The highest BCUT2D eigenvalue weighted by Gasteiger charge is 2.38. The first-order valence-corrected chi connectivity index (χ1v) is 8.58. The normalized spacial score (nSPS) is 22.6. The molecule has 1 saturated heterocycles. The summed E-state index contributed by atoms with van der Waals surface area (Å²) in [5.41, 5.74) is 2.84. The summed E-state index contributed by atoms with van der Waals surface area (Å²) < 4.78 is 2.07. The summed E-state index contributed by atoms with van der Waals surface area (Å²) in [6.07, 6.45) is 4.61. The molecule has 1 fully saturated rings. The molecule has 1 N–H and O–H groups in total. The number of nitrogens with one attached hydrogen (secondary N) is 1. The van der Waals surface area contributed by atoms with Crippen molar-refractivity contribution in [1.29, 1.82) is 0 Å². The fourth-order valence-electron chi connectivity index (χ4n) is 3.51. The van der Waals surface area contributed by atoms with E-state index in [4.69, 9.17) is 0 Å². The minimum Gasteiger partial charge on any atom is -0.311 e. The van der Waals surface area contributed by atoms with Gasteiger partial charge in [-0.1, -0.05) is 27.7 Å². The zero-order valence-corrected chi connectivity index (χ0v) is 14.4. The van der Waals surface area contributed by atoms with E-state index in [0.29, 0.717) is 11.6 Å². The van der Waals surface area contributed by atoms with Gasteiger partial charge in [-0.3, -0.25) is 9.58 Å². The van der Waals surface area contributed by atoms with E-state index in [2.05, 4.69) is 60.8 Å². The molecule has 1 aliphatic heterocycles. The van der Waals surface area contributed by atoms with Gasteiger partial charge >= 0.3 is 0 Å². The fourth-order valence-corrected chi connectivity index (χ4v) is 3.51. The first kappa shape index (κ1) is 16.5. The highest BCUT2D eigenvalue weighted by atomic mass is 15.3. The van der Waals surface area contributed by atoms with E-state index in [1.165, 1.54) is 30.7 Å². The SMILES string of the molecule is CCc1cc(CN2CC(CC)NCC2(CC)CC)n(C)n1. The summed E-state index contributed by atoms with van der Waals surface area (Å²) in [5.74, 6) is 0. The van der Waals surface area contributed by atoms with E-state index in [1.807, 2.05) is 0 Å². The molecule has 0 saturated carbocycles. The number of aryl methyl sites for hydroxylation is 2. The van der Waals surface area contributed by atoms with Crippen LogP contribution in [0.15, 0.2) is 6.07 Å². The van der Waals surface area contributed by atoms with Crippen LogP contribution in [0.1, 0.15) is 58.3 Å². The van der Waals surface area contributed by atoms with Crippen molar-refractivity contribution in [2.75, 3.05) is 13.1 Å². The minimum absolute atomic E-state index is 0.294. The molecule has 1 aromatic heterocycles. The molecule has 2 rings (SSSR count). The monoisotopic (exact) mass is 292 g/mol. The van der Waals surface area contributed by atoms with Crippen molar-refractivity contribution < 1.29 is 0 Å². The summed E-state index contributed by atoms with van der Waals surface area (Å²) in [6.45, 7) is 12.4. The molecule has 0 aromatic carbocycles. The predicted molar refractivity (Wildman–Crippen MR) is 88.4 cm³/mol. The van der Waals surface area contributed by atoms with Crippen molar-refractivity contribution in [2.45, 2.75) is 71.5 Å². The lowest BCUT2D eigenvalue weighted by Gasteiger charge is -2.49. The maximum Gasteiger partial charge on any atom is 0.0625 e. The Morgan fingerprint density at radius 1 is 1.29 bits per heavy atom. The summed E-state index contributed by atoms with van der Waals surface area (Å²) in [5, 5.41) is 8.35. The van der Waals surface area contributed by atoms with Crippen molar-refractivity contribution in [3.05, 3.63) is 17.5 Å². The lowest BCUT2D eigenvalue weighted by molar-refractivity contribution is 0.0219. The van der Waals surface area contributed by atoms with Crippen LogP contribution >= 0.6 is 0 Å². The predicted octanol–water partition coefficient (Wildman–Crippen LogP) is 2.73. The largest absolute Gasteiger partial charge is 0.311 e. The van der Waals surface area contributed by atoms with Gasteiger partial charge in [0, 0.05) is 38.3 Å². The van der Waals surface area contributed by atoms with Gasteiger partial charge in [0.2, 0.25) is 0 Å². The van der Waals surface area contributed by atoms with Gasteiger partial charge in [-0.05, 0) is 31.7 Å². The van der Waals surface area contributed by atoms with Crippen molar-refractivity contribution in [3.8, 4) is 0 Å². The molecule has 0 bridgehead atoms. The number of nitrogens with zero attached hydrogens (tertiary/aromatic N) is 3. The summed E-state index contributed by atoms with van der Waals surface area (Å²) in [4.78, 5) is 2.70. The van der Waals surface area contributed by atoms with Crippen LogP contribution in [0, 0.1) is 0 Å². The quantitative estimate of drug-likeness (QED) is 0.875. The van der Waals surface area contributed by atoms with Gasteiger partial charge in [0.1, 0.15) is 0 Å². The highest BCUT2D eigenvalue weighted by molar-refractivity contribution is 5.11. The van der Waals surface area contributed by atoms with E-state index in [1.54, 1.807) is 0 Å². The fraction of sp³-hybridized carbons (Fsp3) is 0.824. The number of aromatic nitrogens is 2. The zero-order valence-electron chi connectivity index (χ0n) is 14.4. The highest BCUT2D eigenvalue weighted by Crippen LogP contribution is 2.29. The third-order valence-electron chi connectivity index (χ3n) is 5.38. The molecule has 0 radical (unpaired) electrons. The average molecular weight is 292 g/mol. The van der Waals surface area contributed by atoms with Gasteiger partial charge in [-0.15, -0.1) is 0 Å². The van der Waals surface area contributed by atoms with Crippen molar-refractivity contribution in [1.82, 2.24) is 20.0 Å². The van der Waals surface area contributed by atoms with Crippen molar-refractivity contribution >= 4 is 0 Å². The lowest BCUT2D eigenvalue weighted by atomic mass is 9.86. The zero-order chi connectivity index (χ0) is 15.5. The molecule has 0 amide bonds. The molecular formula is C17H32N4. The second-order valence-corrected chi connectivity index (χ2v) is 6.40. The molecule has 1 unspecified atom stereocenters. The first-order valence-electron chi connectivity index (χ1n) is 8.58. The molecule has 1 atom stereocenters. The summed E-state index contributed by atoms with van der Waals surface area (Å²) in [6, 6.07) is 2.90. The number of piperazine rings is 1. The average Bonchev–Trinajstić information content (AvgIpc) is 2.87. The summed E-state index contributed by atoms with van der Waals surface area (Å²) in [7, 11) is 2.08. The van der Waals surface area contributed by atoms with E-state index < -0.39 is 0 Å². The van der Waals surface area contributed by atoms with Crippen LogP contribution in [-0.2, 0) is 20.0 Å². The lowest BCUT2D eigenvalue weighted by Crippen LogP contribution is -2.63. The van der Waals surface area contributed by atoms with Crippen molar-refractivity contribution in [3.63, 3.8) is 0 Å². The third kappa shape index (κ3) is 3.32. The maximum atomic E-state index is 4.61. The maximum absolute atomic E-state index is 4.61. The van der Waals surface area contributed by atoms with Gasteiger partial charge in [-0.25, -0.2) is 0 Å². The standard InChI is InChI=1S/C17H32N4/c1-6-14-10-16(20(5)19-14)12-21-11-15(7-2)18-13-17(21,8-3)9-4/h10,15,18H,6-9,11-13H2,1-5H3. The molecule has 4 heteroatoms. The smallest absolute Gasteiger partial charge is 0.0625 e. The van der Waals surface area contributed by atoms with Gasteiger partial charge < -0.3 is 5.32 Å². The first-order chi connectivity index (χ1) is 10.1. The van der Waals surface area contributed by atoms with Crippen molar-refractivity contribution in [2.24, 2.45) is 7.05 Å². The Bertz CT molecular complexity index is 448.